The Morgan fingerprint density at radius 1 is 1.06 bits per heavy atom. The number of rotatable bonds is 6. The third-order valence-electron chi connectivity index (χ3n) is 5.95. The van der Waals surface area contributed by atoms with Gasteiger partial charge in [0.05, 0.1) is 11.4 Å². The van der Waals surface area contributed by atoms with E-state index in [0.717, 1.165) is 59.2 Å². The fraction of sp³-hybridized carbons (Fsp3) is 0.320. The summed E-state index contributed by atoms with van der Waals surface area (Å²) in [7, 11) is 0. The number of aryl methyl sites for hydroxylation is 1. The Kier molecular flexibility index (Phi) is 6.53. The average Bonchev–Trinajstić information content (AvgIpc) is 3.35. The first-order valence-corrected chi connectivity index (χ1v) is 12.3. The first-order valence-electron chi connectivity index (χ1n) is 11.4. The van der Waals surface area contributed by atoms with Crippen LogP contribution >= 0.6 is 11.3 Å². The zero-order valence-corrected chi connectivity index (χ0v) is 19.6. The molecular weight excluding hydrogens is 456 g/mol. The van der Waals surface area contributed by atoms with E-state index in [-0.39, 0.29) is 5.75 Å². The van der Waals surface area contributed by atoms with Crippen molar-refractivity contribution in [3.05, 3.63) is 64.5 Å². The van der Waals surface area contributed by atoms with Crippen molar-refractivity contribution in [2.75, 3.05) is 0 Å². The van der Waals surface area contributed by atoms with Gasteiger partial charge in [-0.3, -0.25) is 0 Å². The lowest BCUT2D eigenvalue weighted by Crippen LogP contribution is -2.14. The number of halogens is 2. The maximum Gasteiger partial charge on any atom is 0.387 e. The number of ether oxygens (including phenoxy) is 1. The zero-order valence-electron chi connectivity index (χ0n) is 18.8. The summed E-state index contributed by atoms with van der Waals surface area (Å²) in [4.78, 5) is 5.61. The number of hydrogen-bond acceptors (Lipinski definition) is 5. The molecule has 0 amide bonds. The van der Waals surface area contributed by atoms with Crippen LogP contribution in [0.5, 0.6) is 5.75 Å². The quantitative estimate of drug-likeness (QED) is 0.337. The minimum atomic E-state index is -2.88. The van der Waals surface area contributed by atoms with Gasteiger partial charge in [-0.2, -0.15) is 8.78 Å². The minimum absolute atomic E-state index is 0.154. The Morgan fingerprint density at radius 3 is 2.68 bits per heavy atom. The summed E-state index contributed by atoms with van der Waals surface area (Å²) < 4.78 is 34.7. The molecule has 34 heavy (non-hydrogen) atoms. The summed E-state index contributed by atoms with van der Waals surface area (Å²) in [6.07, 6.45) is 4.51. The predicted octanol–water partition coefficient (Wildman–Crippen LogP) is 6.06. The standard InChI is InChI=1S/C25H25F2N5OS/c1-2-31-20(19-8-5-6-9-21(19)33-24(26)27)16-34-25(31)28-18-13-11-17(12-14-18)23-30-29-22-10-4-3-7-15-32(22)23/h5-6,8-9,11-14,16,24H,2-4,7,10,15H2,1H3. The van der Waals surface area contributed by atoms with Gasteiger partial charge in [-0.15, -0.1) is 21.5 Å². The molecular formula is C25H25F2N5OS. The van der Waals surface area contributed by atoms with Crippen LogP contribution < -0.4 is 9.54 Å². The second-order valence-corrected chi connectivity index (χ2v) is 8.92. The third kappa shape index (κ3) is 4.52. The predicted molar refractivity (Wildman–Crippen MR) is 128 cm³/mol. The Morgan fingerprint density at radius 2 is 1.88 bits per heavy atom. The monoisotopic (exact) mass is 481 g/mol. The van der Waals surface area contributed by atoms with E-state index in [4.69, 9.17) is 9.73 Å². The van der Waals surface area contributed by atoms with Crippen LogP contribution in [0.1, 0.15) is 32.0 Å². The summed E-state index contributed by atoms with van der Waals surface area (Å²) in [6, 6.07) is 14.8. The van der Waals surface area contributed by atoms with Crippen LogP contribution in [0.2, 0.25) is 0 Å². The van der Waals surface area contributed by atoms with Crippen LogP contribution in [0.3, 0.4) is 0 Å². The van der Waals surface area contributed by atoms with Crippen LogP contribution in [0.4, 0.5) is 14.5 Å². The van der Waals surface area contributed by atoms with Gasteiger partial charge in [0.25, 0.3) is 0 Å². The van der Waals surface area contributed by atoms with Gasteiger partial charge >= 0.3 is 6.61 Å². The normalized spacial score (nSPS) is 14.3. The third-order valence-corrected chi connectivity index (χ3v) is 6.82. The molecule has 3 heterocycles. The summed E-state index contributed by atoms with van der Waals surface area (Å²) >= 11 is 1.47. The van der Waals surface area contributed by atoms with Crippen molar-refractivity contribution in [1.82, 2.24) is 19.3 Å². The topological polar surface area (TPSA) is 57.2 Å². The van der Waals surface area contributed by atoms with Crippen LogP contribution in [0.25, 0.3) is 22.6 Å². The molecule has 0 spiro atoms. The minimum Gasteiger partial charge on any atom is -0.434 e. The fourth-order valence-electron chi connectivity index (χ4n) is 4.31. The van der Waals surface area contributed by atoms with E-state index in [0.29, 0.717) is 12.1 Å². The number of benzene rings is 2. The molecule has 0 N–H and O–H groups in total. The molecule has 6 nitrogen and oxygen atoms in total. The van der Waals surface area contributed by atoms with Crippen molar-refractivity contribution in [3.63, 3.8) is 0 Å². The van der Waals surface area contributed by atoms with Crippen LogP contribution in [-0.2, 0) is 19.5 Å². The number of thiazole rings is 1. The zero-order chi connectivity index (χ0) is 23.5. The van der Waals surface area contributed by atoms with Crippen molar-refractivity contribution >= 4 is 17.0 Å². The summed E-state index contributed by atoms with van der Waals surface area (Å²) in [5.74, 6) is 2.12. The molecule has 0 saturated carbocycles. The highest BCUT2D eigenvalue weighted by Crippen LogP contribution is 2.31. The van der Waals surface area contributed by atoms with Crippen LogP contribution in [0, 0.1) is 0 Å². The van der Waals surface area contributed by atoms with Gasteiger partial charge < -0.3 is 13.9 Å². The van der Waals surface area contributed by atoms with E-state index in [9.17, 15) is 8.78 Å². The van der Waals surface area contributed by atoms with Gasteiger partial charge in [0.15, 0.2) is 10.6 Å². The van der Waals surface area contributed by atoms with Crippen molar-refractivity contribution in [2.45, 2.75) is 52.3 Å². The second-order valence-electron chi connectivity index (χ2n) is 8.08. The molecule has 0 atom stereocenters. The molecule has 1 aliphatic rings. The maximum absolute atomic E-state index is 12.9. The summed E-state index contributed by atoms with van der Waals surface area (Å²) in [6.45, 7) is 0.726. The average molecular weight is 482 g/mol. The second kappa shape index (κ2) is 9.89. The lowest BCUT2D eigenvalue weighted by molar-refractivity contribution is -0.0494. The number of alkyl halides is 2. The molecule has 176 valence electrons. The Hall–Kier alpha value is -3.33. The van der Waals surface area contributed by atoms with Gasteiger partial charge in [0, 0.05) is 36.0 Å². The summed E-state index contributed by atoms with van der Waals surface area (Å²) in [5, 5.41) is 10.8. The molecule has 0 radical (unpaired) electrons. The Bertz CT molecular complexity index is 1340. The van der Waals surface area contributed by atoms with Gasteiger partial charge in [-0.1, -0.05) is 18.6 Å². The molecule has 1 aliphatic heterocycles. The van der Waals surface area contributed by atoms with Crippen LogP contribution in [0.15, 0.2) is 58.9 Å². The molecule has 5 rings (SSSR count). The number of nitrogens with zero attached hydrogens (tertiary/aromatic N) is 5. The van der Waals surface area contributed by atoms with Crippen molar-refractivity contribution < 1.29 is 13.5 Å². The number of aromatic nitrogens is 4. The van der Waals surface area contributed by atoms with Gasteiger partial charge in [-0.25, -0.2) is 4.99 Å². The highest BCUT2D eigenvalue weighted by Gasteiger charge is 2.17. The molecule has 4 aromatic rings. The van der Waals surface area contributed by atoms with E-state index in [1.54, 1.807) is 18.2 Å². The van der Waals surface area contributed by atoms with E-state index < -0.39 is 6.61 Å². The lowest BCUT2D eigenvalue weighted by atomic mass is 10.1. The summed E-state index contributed by atoms with van der Waals surface area (Å²) in [5.41, 5.74) is 3.25. The van der Waals surface area contributed by atoms with Crippen molar-refractivity contribution in [3.8, 4) is 28.4 Å². The molecule has 0 aliphatic carbocycles. The molecule has 2 aromatic carbocycles. The largest absolute Gasteiger partial charge is 0.434 e. The van der Waals surface area contributed by atoms with E-state index >= 15 is 0 Å². The first-order chi connectivity index (χ1) is 16.6. The van der Waals surface area contributed by atoms with Gasteiger partial charge in [0.2, 0.25) is 0 Å². The smallest absolute Gasteiger partial charge is 0.387 e. The van der Waals surface area contributed by atoms with E-state index in [1.807, 2.05) is 47.2 Å². The van der Waals surface area contributed by atoms with Gasteiger partial charge in [0.1, 0.15) is 11.6 Å². The fourth-order valence-corrected chi connectivity index (χ4v) is 5.30. The number of hydrogen-bond donors (Lipinski definition) is 0. The van der Waals surface area contributed by atoms with Crippen molar-refractivity contribution in [1.29, 1.82) is 0 Å². The highest BCUT2D eigenvalue weighted by molar-refractivity contribution is 7.07. The maximum atomic E-state index is 12.9. The molecule has 0 fully saturated rings. The SMILES string of the molecule is CCn1c(-c2ccccc2OC(F)F)csc1=Nc1ccc(-c2nnc3n2CCCCC3)cc1. The van der Waals surface area contributed by atoms with Gasteiger partial charge in [-0.05, 0) is 56.2 Å². The van der Waals surface area contributed by atoms with E-state index in [2.05, 4.69) is 14.8 Å². The molecule has 0 unspecified atom stereocenters. The molecule has 9 heteroatoms. The molecule has 0 bridgehead atoms. The number of fused-ring (bicyclic) bond motifs is 1. The Balaban J connectivity index is 1.47. The molecule has 0 saturated heterocycles. The highest BCUT2D eigenvalue weighted by atomic mass is 32.1. The first kappa shape index (κ1) is 22.5. The number of para-hydroxylation sites is 1. The lowest BCUT2D eigenvalue weighted by Gasteiger charge is -2.12. The van der Waals surface area contributed by atoms with Crippen LogP contribution in [-0.4, -0.2) is 25.9 Å². The molecule has 2 aromatic heterocycles. The van der Waals surface area contributed by atoms with E-state index in [1.165, 1.54) is 17.8 Å². The van der Waals surface area contributed by atoms with Crippen molar-refractivity contribution in [2.24, 2.45) is 4.99 Å². The Labute approximate surface area is 200 Å².